The summed E-state index contributed by atoms with van der Waals surface area (Å²) in [7, 11) is 0. The van der Waals surface area contributed by atoms with Crippen LogP contribution >= 0.6 is 46.0 Å². The topological polar surface area (TPSA) is 12.0 Å². The molecule has 98 valence electrons. The van der Waals surface area contributed by atoms with Crippen molar-refractivity contribution in [1.82, 2.24) is 0 Å². The molecule has 0 aromatic heterocycles. The first-order valence-electron chi connectivity index (χ1n) is 6.17. The van der Waals surface area contributed by atoms with Gasteiger partial charge < -0.3 is 5.32 Å². The van der Waals surface area contributed by atoms with E-state index in [1.165, 1.54) is 10.5 Å². The van der Waals surface area contributed by atoms with Crippen molar-refractivity contribution in [3.63, 3.8) is 0 Å². The summed E-state index contributed by atoms with van der Waals surface area (Å²) in [6.45, 7) is 0. The molecule has 0 amide bonds. The fourth-order valence-corrected chi connectivity index (χ4v) is 4.32. The monoisotopic (exact) mass is 401 g/mol. The van der Waals surface area contributed by atoms with Crippen LogP contribution in [0, 0.1) is 3.57 Å². The average Bonchev–Trinajstić information content (AvgIpc) is 2.42. The lowest BCUT2D eigenvalue weighted by Gasteiger charge is -2.27. The number of benzene rings is 2. The van der Waals surface area contributed by atoms with E-state index in [4.69, 9.17) is 11.6 Å². The second-order valence-electron chi connectivity index (χ2n) is 4.50. The first kappa shape index (κ1) is 13.6. The van der Waals surface area contributed by atoms with Gasteiger partial charge in [0.15, 0.2) is 0 Å². The first-order chi connectivity index (χ1) is 9.24. The lowest BCUT2D eigenvalue weighted by atomic mass is 10.0. The van der Waals surface area contributed by atoms with E-state index in [2.05, 4.69) is 64.3 Å². The molecule has 3 rings (SSSR count). The van der Waals surface area contributed by atoms with Crippen molar-refractivity contribution in [2.24, 2.45) is 0 Å². The zero-order valence-corrected chi connectivity index (χ0v) is 13.9. The summed E-state index contributed by atoms with van der Waals surface area (Å²) in [5, 5.41) is 4.38. The molecule has 4 heteroatoms. The number of hydrogen-bond acceptors (Lipinski definition) is 2. The van der Waals surface area contributed by atoms with Gasteiger partial charge >= 0.3 is 0 Å². The molecule has 1 nitrogen and oxygen atoms in total. The van der Waals surface area contributed by atoms with Crippen LogP contribution in [0.2, 0.25) is 5.02 Å². The summed E-state index contributed by atoms with van der Waals surface area (Å²) in [6.07, 6.45) is 1.13. The minimum Gasteiger partial charge on any atom is -0.377 e. The van der Waals surface area contributed by atoms with Crippen LogP contribution in [0.5, 0.6) is 0 Å². The standard InChI is InChI=1S/C15H13ClINS/c16-12-9-10(17)5-6-14(12)18-13-7-8-19-15-4-2-1-3-11(13)15/h1-6,9,13,18H,7-8H2. The summed E-state index contributed by atoms with van der Waals surface area (Å²) < 4.78 is 1.16. The average molecular weight is 402 g/mol. The summed E-state index contributed by atoms with van der Waals surface area (Å²) >= 11 is 10.5. The van der Waals surface area contributed by atoms with E-state index < -0.39 is 0 Å². The molecule has 0 radical (unpaired) electrons. The Bertz CT molecular complexity index is 602. The number of hydrogen-bond donors (Lipinski definition) is 1. The predicted octanol–water partition coefficient (Wildman–Crippen LogP) is 5.59. The zero-order chi connectivity index (χ0) is 13.2. The number of fused-ring (bicyclic) bond motifs is 1. The van der Waals surface area contributed by atoms with Gasteiger partial charge in [0.05, 0.1) is 16.8 Å². The highest BCUT2D eigenvalue weighted by molar-refractivity contribution is 14.1. The summed E-state index contributed by atoms with van der Waals surface area (Å²) in [5.41, 5.74) is 2.40. The van der Waals surface area contributed by atoms with Gasteiger partial charge in [-0.2, -0.15) is 0 Å². The molecule has 1 aliphatic rings. The van der Waals surface area contributed by atoms with E-state index in [0.29, 0.717) is 6.04 Å². The number of nitrogens with one attached hydrogen (secondary N) is 1. The minimum absolute atomic E-state index is 0.356. The number of halogens is 2. The molecular weight excluding hydrogens is 389 g/mol. The van der Waals surface area contributed by atoms with Crippen LogP contribution in [-0.2, 0) is 0 Å². The van der Waals surface area contributed by atoms with Crippen molar-refractivity contribution >= 4 is 51.6 Å². The van der Waals surface area contributed by atoms with Crippen molar-refractivity contribution in [2.75, 3.05) is 11.1 Å². The van der Waals surface area contributed by atoms with Crippen molar-refractivity contribution in [3.8, 4) is 0 Å². The van der Waals surface area contributed by atoms with Crippen LogP contribution < -0.4 is 5.32 Å². The summed E-state index contributed by atoms with van der Waals surface area (Å²) in [6, 6.07) is 15.1. The van der Waals surface area contributed by atoms with E-state index >= 15 is 0 Å². The molecule has 0 fully saturated rings. The predicted molar refractivity (Wildman–Crippen MR) is 92.3 cm³/mol. The van der Waals surface area contributed by atoms with Crippen molar-refractivity contribution < 1.29 is 0 Å². The highest BCUT2D eigenvalue weighted by Gasteiger charge is 2.20. The Labute approximate surface area is 136 Å². The lowest BCUT2D eigenvalue weighted by molar-refractivity contribution is 0.728. The van der Waals surface area contributed by atoms with Crippen LogP contribution in [-0.4, -0.2) is 5.75 Å². The van der Waals surface area contributed by atoms with E-state index in [1.54, 1.807) is 0 Å². The van der Waals surface area contributed by atoms with Crippen molar-refractivity contribution in [1.29, 1.82) is 0 Å². The molecular formula is C15H13ClINS. The van der Waals surface area contributed by atoms with E-state index in [-0.39, 0.29) is 0 Å². The Morgan fingerprint density at radius 3 is 2.89 bits per heavy atom. The molecule has 1 heterocycles. The smallest absolute Gasteiger partial charge is 0.0648 e. The van der Waals surface area contributed by atoms with Gasteiger partial charge in [0.25, 0.3) is 0 Å². The fourth-order valence-electron chi connectivity index (χ4n) is 2.29. The quantitative estimate of drug-likeness (QED) is 0.658. The van der Waals surface area contributed by atoms with E-state index in [9.17, 15) is 0 Å². The van der Waals surface area contributed by atoms with Gasteiger partial charge in [0.2, 0.25) is 0 Å². The summed E-state index contributed by atoms with van der Waals surface area (Å²) in [5.74, 6) is 1.15. The van der Waals surface area contributed by atoms with Gasteiger partial charge in [-0.1, -0.05) is 29.8 Å². The van der Waals surface area contributed by atoms with Gasteiger partial charge in [0.1, 0.15) is 0 Å². The maximum absolute atomic E-state index is 6.30. The molecule has 0 saturated carbocycles. The van der Waals surface area contributed by atoms with E-state index in [1.807, 2.05) is 17.8 Å². The van der Waals surface area contributed by atoms with Gasteiger partial charge in [-0.15, -0.1) is 11.8 Å². The molecule has 1 N–H and O–H groups in total. The highest BCUT2D eigenvalue weighted by Crippen LogP contribution is 2.38. The lowest BCUT2D eigenvalue weighted by Crippen LogP contribution is -2.16. The zero-order valence-electron chi connectivity index (χ0n) is 10.2. The third-order valence-corrected chi connectivity index (χ3v) is 5.33. The number of anilines is 1. The van der Waals surface area contributed by atoms with Crippen LogP contribution in [0.4, 0.5) is 5.69 Å². The van der Waals surface area contributed by atoms with Crippen molar-refractivity contribution in [2.45, 2.75) is 17.4 Å². The van der Waals surface area contributed by atoms with Gasteiger partial charge in [-0.25, -0.2) is 0 Å². The minimum atomic E-state index is 0.356. The molecule has 1 aliphatic heterocycles. The van der Waals surface area contributed by atoms with Gasteiger partial charge in [0, 0.05) is 14.2 Å². The van der Waals surface area contributed by atoms with Crippen LogP contribution in [0.3, 0.4) is 0 Å². The molecule has 1 atom stereocenters. The van der Waals surface area contributed by atoms with Crippen LogP contribution in [0.1, 0.15) is 18.0 Å². The summed E-state index contributed by atoms with van der Waals surface area (Å²) in [4.78, 5) is 1.38. The largest absolute Gasteiger partial charge is 0.377 e. The molecule has 19 heavy (non-hydrogen) atoms. The molecule has 0 saturated heterocycles. The second kappa shape index (κ2) is 5.94. The Kier molecular flexibility index (Phi) is 4.24. The Hall–Kier alpha value is -0.390. The van der Waals surface area contributed by atoms with Gasteiger partial charge in [-0.3, -0.25) is 0 Å². The fraction of sp³-hybridized carbons (Fsp3) is 0.200. The third-order valence-electron chi connectivity index (χ3n) is 3.22. The molecule has 0 spiro atoms. The Morgan fingerprint density at radius 1 is 1.21 bits per heavy atom. The SMILES string of the molecule is Clc1cc(I)ccc1NC1CCSc2ccccc21. The maximum Gasteiger partial charge on any atom is 0.0648 e. The van der Waals surface area contributed by atoms with Gasteiger partial charge in [-0.05, 0) is 58.8 Å². The van der Waals surface area contributed by atoms with Crippen molar-refractivity contribution in [3.05, 3.63) is 56.6 Å². The highest BCUT2D eigenvalue weighted by atomic mass is 127. The number of thioether (sulfide) groups is 1. The first-order valence-corrected chi connectivity index (χ1v) is 8.61. The molecule has 2 aromatic carbocycles. The molecule has 0 aliphatic carbocycles. The molecule has 0 bridgehead atoms. The van der Waals surface area contributed by atoms with Crippen LogP contribution in [0.25, 0.3) is 0 Å². The third kappa shape index (κ3) is 3.03. The maximum atomic E-state index is 6.30. The Morgan fingerprint density at radius 2 is 2.05 bits per heavy atom. The second-order valence-corrected chi connectivity index (χ2v) is 7.29. The molecule has 1 unspecified atom stereocenters. The Balaban J connectivity index is 1.88. The van der Waals surface area contributed by atoms with Crippen LogP contribution in [0.15, 0.2) is 47.4 Å². The van der Waals surface area contributed by atoms with E-state index in [0.717, 1.165) is 26.5 Å². The normalized spacial score (nSPS) is 17.9. The molecule has 2 aromatic rings. The number of rotatable bonds is 2.